The number of amides is 1. The maximum absolute atomic E-state index is 12.8. The predicted molar refractivity (Wildman–Crippen MR) is 95.7 cm³/mol. The zero-order chi connectivity index (χ0) is 17.2. The van der Waals surface area contributed by atoms with E-state index in [9.17, 15) is 4.79 Å². The fourth-order valence-corrected chi connectivity index (χ4v) is 3.03. The minimum absolute atomic E-state index is 0.0766. The van der Waals surface area contributed by atoms with Crippen molar-refractivity contribution >= 4 is 5.91 Å². The van der Waals surface area contributed by atoms with Gasteiger partial charge in [0, 0.05) is 12.1 Å². The van der Waals surface area contributed by atoms with E-state index in [0.29, 0.717) is 18.0 Å². The number of hydrogen-bond acceptors (Lipinski definition) is 3. The predicted octanol–water partition coefficient (Wildman–Crippen LogP) is 3.38. The summed E-state index contributed by atoms with van der Waals surface area (Å²) < 4.78 is 1.88. The van der Waals surface area contributed by atoms with Crippen molar-refractivity contribution < 1.29 is 4.79 Å². The Labute approximate surface area is 146 Å². The van der Waals surface area contributed by atoms with Crippen molar-refractivity contribution in [2.75, 3.05) is 0 Å². The molecular weight excluding hydrogens is 312 g/mol. The van der Waals surface area contributed by atoms with E-state index in [0.717, 1.165) is 35.6 Å². The largest absolute Gasteiger partial charge is 0.346 e. The summed E-state index contributed by atoms with van der Waals surface area (Å²) in [7, 11) is 0. The van der Waals surface area contributed by atoms with Crippen molar-refractivity contribution in [2.24, 2.45) is 0 Å². The molecule has 5 nitrogen and oxygen atoms in total. The molecule has 0 saturated heterocycles. The highest BCUT2D eigenvalue weighted by atomic mass is 16.1. The van der Waals surface area contributed by atoms with Crippen molar-refractivity contribution in [3.63, 3.8) is 0 Å². The SMILES string of the molecule is Cc1c(C(=O)NCc2ccccn2)c(C2CC2)nn1-c1ccccc1. The van der Waals surface area contributed by atoms with E-state index < -0.39 is 0 Å². The van der Waals surface area contributed by atoms with Crippen LogP contribution in [0.4, 0.5) is 0 Å². The number of para-hydroxylation sites is 1. The van der Waals surface area contributed by atoms with Gasteiger partial charge < -0.3 is 5.32 Å². The van der Waals surface area contributed by atoms with E-state index in [1.807, 2.05) is 60.1 Å². The van der Waals surface area contributed by atoms with Crippen LogP contribution < -0.4 is 5.32 Å². The van der Waals surface area contributed by atoms with Gasteiger partial charge in [0.2, 0.25) is 0 Å². The number of pyridine rings is 1. The molecule has 2 heterocycles. The van der Waals surface area contributed by atoms with Crippen molar-refractivity contribution in [3.05, 3.63) is 77.4 Å². The van der Waals surface area contributed by atoms with Crippen LogP contribution in [0.5, 0.6) is 0 Å². The molecular formula is C20H20N4O. The van der Waals surface area contributed by atoms with Crippen LogP contribution in [0.3, 0.4) is 0 Å². The van der Waals surface area contributed by atoms with Gasteiger partial charge in [-0.25, -0.2) is 4.68 Å². The molecule has 1 fully saturated rings. The number of benzene rings is 1. The lowest BCUT2D eigenvalue weighted by atomic mass is 10.1. The van der Waals surface area contributed by atoms with Crippen LogP contribution in [0.15, 0.2) is 54.7 Å². The number of aromatic nitrogens is 3. The molecule has 1 aliphatic rings. The van der Waals surface area contributed by atoms with Crippen LogP contribution >= 0.6 is 0 Å². The molecule has 4 rings (SSSR count). The Balaban J connectivity index is 1.64. The van der Waals surface area contributed by atoms with Crippen LogP contribution in [0.2, 0.25) is 0 Å². The van der Waals surface area contributed by atoms with Gasteiger partial charge in [0.25, 0.3) is 5.91 Å². The molecule has 126 valence electrons. The zero-order valence-corrected chi connectivity index (χ0v) is 14.1. The first-order chi connectivity index (χ1) is 12.2. The summed E-state index contributed by atoms with van der Waals surface area (Å²) in [4.78, 5) is 17.1. The van der Waals surface area contributed by atoms with Gasteiger partial charge in [-0.05, 0) is 44.0 Å². The van der Waals surface area contributed by atoms with Crippen LogP contribution in [0.25, 0.3) is 5.69 Å². The van der Waals surface area contributed by atoms with E-state index in [-0.39, 0.29) is 5.91 Å². The van der Waals surface area contributed by atoms with E-state index in [1.54, 1.807) is 6.20 Å². The molecule has 1 aliphatic carbocycles. The first-order valence-corrected chi connectivity index (χ1v) is 8.57. The third kappa shape index (κ3) is 3.18. The monoisotopic (exact) mass is 332 g/mol. The third-order valence-corrected chi connectivity index (χ3v) is 4.49. The van der Waals surface area contributed by atoms with Gasteiger partial charge in [0.1, 0.15) is 0 Å². The zero-order valence-electron chi connectivity index (χ0n) is 14.1. The first-order valence-electron chi connectivity index (χ1n) is 8.57. The summed E-state index contributed by atoms with van der Waals surface area (Å²) in [5.41, 5.74) is 4.33. The summed E-state index contributed by atoms with van der Waals surface area (Å²) in [6.07, 6.45) is 3.94. The molecule has 1 amide bonds. The third-order valence-electron chi connectivity index (χ3n) is 4.49. The molecule has 1 N–H and O–H groups in total. The van der Waals surface area contributed by atoms with Crippen LogP contribution in [-0.2, 0) is 6.54 Å². The Morgan fingerprint density at radius 2 is 1.92 bits per heavy atom. The van der Waals surface area contributed by atoms with E-state index >= 15 is 0 Å². The highest BCUT2D eigenvalue weighted by Crippen LogP contribution is 2.42. The Morgan fingerprint density at radius 3 is 2.60 bits per heavy atom. The molecule has 1 saturated carbocycles. The molecule has 25 heavy (non-hydrogen) atoms. The topological polar surface area (TPSA) is 59.8 Å². The van der Waals surface area contributed by atoms with E-state index in [1.165, 1.54) is 0 Å². The van der Waals surface area contributed by atoms with Gasteiger partial charge >= 0.3 is 0 Å². The number of nitrogens with zero attached hydrogens (tertiary/aromatic N) is 3. The fourth-order valence-electron chi connectivity index (χ4n) is 3.03. The number of rotatable bonds is 5. The van der Waals surface area contributed by atoms with Gasteiger partial charge in [0.05, 0.1) is 34.9 Å². The molecule has 5 heteroatoms. The van der Waals surface area contributed by atoms with E-state index in [2.05, 4.69) is 10.3 Å². The molecule has 0 unspecified atom stereocenters. The van der Waals surface area contributed by atoms with Gasteiger partial charge in [-0.1, -0.05) is 24.3 Å². The molecule has 0 radical (unpaired) electrons. The Morgan fingerprint density at radius 1 is 1.16 bits per heavy atom. The second-order valence-corrected chi connectivity index (χ2v) is 6.37. The Hall–Kier alpha value is -2.95. The summed E-state index contributed by atoms with van der Waals surface area (Å²) in [6.45, 7) is 2.38. The first kappa shape index (κ1) is 15.6. The molecule has 0 bridgehead atoms. The fraction of sp³-hybridized carbons (Fsp3) is 0.250. The Kier molecular flexibility index (Phi) is 4.06. The second kappa shape index (κ2) is 6.51. The maximum atomic E-state index is 12.8. The summed E-state index contributed by atoms with van der Waals surface area (Å²) >= 11 is 0. The van der Waals surface area contributed by atoms with Crippen LogP contribution in [-0.4, -0.2) is 20.7 Å². The maximum Gasteiger partial charge on any atom is 0.255 e. The van der Waals surface area contributed by atoms with E-state index in [4.69, 9.17) is 5.10 Å². The lowest BCUT2D eigenvalue weighted by molar-refractivity contribution is 0.0949. The molecule has 1 aromatic carbocycles. The van der Waals surface area contributed by atoms with Gasteiger partial charge in [-0.15, -0.1) is 0 Å². The molecule has 0 atom stereocenters. The molecule has 2 aromatic heterocycles. The smallest absolute Gasteiger partial charge is 0.255 e. The van der Waals surface area contributed by atoms with Crippen molar-refractivity contribution in [1.82, 2.24) is 20.1 Å². The molecule has 0 spiro atoms. The lowest BCUT2D eigenvalue weighted by Gasteiger charge is -2.07. The average molecular weight is 332 g/mol. The van der Waals surface area contributed by atoms with Gasteiger partial charge in [0.15, 0.2) is 0 Å². The standard InChI is InChI=1S/C20H20N4O/c1-14-18(20(25)22-13-16-7-5-6-12-21-16)19(15-10-11-15)23-24(14)17-8-3-2-4-9-17/h2-9,12,15H,10-11,13H2,1H3,(H,22,25). The van der Waals surface area contributed by atoms with Crippen molar-refractivity contribution in [2.45, 2.75) is 32.2 Å². The van der Waals surface area contributed by atoms with Gasteiger partial charge in [-0.3, -0.25) is 9.78 Å². The highest BCUT2D eigenvalue weighted by Gasteiger charge is 2.33. The number of hydrogen-bond donors (Lipinski definition) is 1. The average Bonchev–Trinajstić information content (AvgIpc) is 3.44. The van der Waals surface area contributed by atoms with Crippen molar-refractivity contribution in [1.29, 1.82) is 0 Å². The number of carbonyl (C=O) groups excluding carboxylic acids is 1. The Bertz CT molecular complexity index is 883. The minimum atomic E-state index is -0.0766. The summed E-state index contributed by atoms with van der Waals surface area (Å²) in [5.74, 6) is 0.325. The highest BCUT2D eigenvalue weighted by molar-refractivity contribution is 5.96. The number of carbonyl (C=O) groups is 1. The molecule has 0 aliphatic heterocycles. The van der Waals surface area contributed by atoms with Gasteiger partial charge in [-0.2, -0.15) is 5.10 Å². The molecule has 3 aromatic rings. The van der Waals surface area contributed by atoms with Crippen LogP contribution in [0.1, 0.15) is 46.2 Å². The summed E-state index contributed by atoms with van der Waals surface area (Å²) in [6, 6.07) is 15.6. The van der Waals surface area contributed by atoms with Crippen molar-refractivity contribution in [3.8, 4) is 5.69 Å². The van der Waals surface area contributed by atoms with Crippen LogP contribution in [0, 0.1) is 6.92 Å². The quantitative estimate of drug-likeness (QED) is 0.779. The second-order valence-electron chi connectivity index (χ2n) is 6.37. The lowest BCUT2D eigenvalue weighted by Crippen LogP contribution is -2.24. The number of nitrogens with one attached hydrogen (secondary N) is 1. The summed E-state index contributed by atoms with van der Waals surface area (Å²) in [5, 5.41) is 7.75. The normalized spacial score (nSPS) is 13.6. The minimum Gasteiger partial charge on any atom is -0.346 e.